The van der Waals surface area contributed by atoms with Crippen LogP contribution in [-0.2, 0) is 0 Å². The highest BCUT2D eigenvalue weighted by Gasteiger charge is 2.36. The van der Waals surface area contributed by atoms with Crippen LogP contribution in [0.5, 0.6) is 0 Å². The highest BCUT2D eigenvalue weighted by molar-refractivity contribution is 4.90. The third-order valence-electron chi connectivity index (χ3n) is 2.65. The summed E-state index contributed by atoms with van der Waals surface area (Å²) in [6.07, 6.45) is 2.62. The molecule has 2 aliphatic heterocycles. The van der Waals surface area contributed by atoms with Crippen molar-refractivity contribution >= 4 is 0 Å². The van der Waals surface area contributed by atoms with Gasteiger partial charge in [-0.2, -0.15) is 0 Å². The van der Waals surface area contributed by atoms with Gasteiger partial charge in [0.15, 0.2) is 0 Å². The molecule has 0 aromatic carbocycles. The summed E-state index contributed by atoms with van der Waals surface area (Å²) >= 11 is 0. The fraction of sp³-hybridized carbons (Fsp3) is 1.00. The lowest BCUT2D eigenvalue weighted by Gasteiger charge is -2.21. The Hall–Kier alpha value is -0.0800. The van der Waals surface area contributed by atoms with Crippen LogP contribution in [-0.4, -0.2) is 35.7 Å². The zero-order valence-corrected chi connectivity index (χ0v) is 5.58. The molecule has 1 N–H and O–H groups in total. The monoisotopic (exact) mass is 127 g/mol. The van der Waals surface area contributed by atoms with E-state index < -0.39 is 0 Å². The first-order chi connectivity index (χ1) is 4.40. The Labute approximate surface area is 55.5 Å². The highest BCUT2D eigenvalue weighted by Crippen LogP contribution is 2.31. The molecule has 0 radical (unpaired) electrons. The minimum absolute atomic E-state index is 0.372. The van der Waals surface area contributed by atoms with E-state index in [-0.39, 0.29) is 0 Å². The van der Waals surface area contributed by atoms with E-state index in [1.54, 1.807) is 0 Å². The Bertz CT molecular complexity index is 115. The van der Waals surface area contributed by atoms with Crippen LogP contribution in [0, 0.1) is 5.92 Å². The molecule has 9 heavy (non-hydrogen) atoms. The van der Waals surface area contributed by atoms with Gasteiger partial charge in [0.05, 0.1) is 6.61 Å². The summed E-state index contributed by atoms with van der Waals surface area (Å²) in [6, 6.07) is 0.517. The van der Waals surface area contributed by atoms with Crippen molar-refractivity contribution < 1.29 is 5.11 Å². The van der Waals surface area contributed by atoms with Crippen LogP contribution >= 0.6 is 0 Å². The second kappa shape index (κ2) is 1.96. The Kier molecular flexibility index (Phi) is 1.24. The van der Waals surface area contributed by atoms with Crippen molar-refractivity contribution in [2.75, 3.05) is 19.7 Å². The van der Waals surface area contributed by atoms with Gasteiger partial charge < -0.3 is 5.11 Å². The maximum absolute atomic E-state index is 8.85. The lowest BCUT2D eigenvalue weighted by molar-refractivity contribution is 0.157. The van der Waals surface area contributed by atoms with Crippen LogP contribution in [0.25, 0.3) is 0 Å². The number of nitrogens with zero attached hydrogens (tertiary/aromatic N) is 1. The molecular formula is C7H13NO. The van der Waals surface area contributed by atoms with Crippen LogP contribution in [0.4, 0.5) is 0 Å². The van der Waals surface area contributed by atoms with Crippen molar-refractivity contribution in [3.8, 4) is 0 Å². The standard InChI is InChI=1S/C7H13NO/c9-5-7-3-6-1-2-8(7)4-6/h6-7,9H,1-5H2. The van der Waals surface area contributed by atoms with E-state index in [1.807, 2.05) is 0 Å². The van der Waals surface area contributed by atoms with Crippen molar-refractivity contribution in [2.24, 2.45) is 5.92 Å². The summed E-state index contributed by atoms with van der Waals surface area (Å²) in [5, 5.41) is 8.85. The van der Waals surface area contributed by atoms with E-state index in [9.17, 15) is 0 Å². The largest absolute Gasteiger partial charge is 0.395 e. The van der Waals surface area contributed by atoms with E-state index >= 15 is 0 Å². The Balaban J connectivity index is 2.01. The van der Waals surface area contributed by atoms with Gasteiger partial charge in [0.25, 0.3) is 0 Å². The van der Waals surface area contributed by atoms with Crippen LogP contribution in [0.3, 0.4) is 0 Å². The van der Waals surface area contributed by atoms with E-state index in [2.05, 4.69) is 4.90 Å². The molecule has 2 saturated heterocycles. The molecule has 0 aromatic rings. The SMILES string of the molecule is OCC1CC2CCN1C2. The fourth-order valence-corrected chi connectivity index (χ4v) is 2.11. The summed E-state index contributed by atoms with van der Waals surface area (Å²) in [7, 11) is 0. The normalized spacial score (nSPS) is 48.3. The molecule has 3 unspecified atom stereocenters. The Morgan fingerprint density at radius 3 is 2.78 bits per heavy atom. The van der Waals surface area contributed by atoms with Crippen molar-refractivity contribution in [2.45, 2.75) is 18.9 Å². The average molecular weight is 127 g/mol. The van der Waals surface area contributed by atoms with Gasteiger partial charge in [-0.1, -0.05) is 0 Å². The van der Waals surface area contributed by atoms with E-state index in [1.165, 1.54) is 25.9 Å². The first-order valence-corrected chi connectivity index (χ1v) is 3.75. The quantitative estimate of drug-likeness (QED) is 0.539. The minimum Gasteiger partial charge on any atom is -0.395 e. The topological polar surface area (TPSA) is 23.5 Å². The smallest absolute Gasteiger partial charge is 0.0586 e. The summed E-state index contributed by atoms with van der Waals surface area (Å²) < 4.78 is 0. The number of hydrogen-bond donors (Lipinski definition) is 1. The Morgan fingerprint density at radius 2 is 2.44 bits per heavy atom. The molecule has 2 bridgehead atoms. The molecule has 2 fully saturated rings. The fourth-order valence-electron chi connectivity index (χ4n) is 2.11. The van der Waals surface area contributed by atoms with E-state index in [0.717, 1.165) is 5.92 Å². The van der Waals surface area contributed by atoms with Crippen molar-refractivity contribution in [3.63, 3.8) is 0 Å². The van der Waals surface area contributed by atoms with Gasteiger partial charge in [0.1, 0.15) is 0 Å². The van der Waals surface area contributed by atoms with Crippen LogP contribution in [0.1, 0.15) is 12.8 Å². The predicted molar refractivity (Wildman–Crippen MR) is 35.2 cm³/mol. The van der Waals surface area contributed by atoms with Gasteiger partial charge in [-0.15, -0.1) is 0 Å². The molecule has 2 heteroatoms. The van der Waals surface area contributed by atoms with Gasteiger partial charge in [-0.25, -0.2) is 0 Å². The first-order valence-electron chi connectivity index (χ1n) is 3.75. The molecule has 0 aromatic heterocycles. The molecule has 3 atom stereocenters. The van der Waals surface area contributed by atoms with Crippen LogP contribution < -0.4 is 0 Å². The number of fused-ring (bicyclic) bond motifs is 2. The zero-order chi connectivity index (χ0) is 6.27. The van der Waals surface area contributed by atoms with Gasteiger partial charge in [0.2, 0.25) is 0 Å². The highest BCUT2D eigenvalue weighted by atomic mass is 16.3. The second-order valence-corrected chi connectivity index (χ2v) is 3.22. The molecule has 0 aliphatic carbocycles. The molecule has 0 spiro atoms. The molecule has 52 valence electrons. The lowest BCUT2D eigenvalue weighted by Crippen LogP contribution is -2.32. The lowest BCUT2D eigenvalue weighted by atomic mass is 10.0. The number of aliphatic hydroxyl groups is 1. The van der Waals surface area contributed by atoms with Crippen molar-refractivity contribution in [1.29, 1.82) is 0 Å². The number of rotatable bonds is 1. The summed E-state index contributed by atoms with van der Waals surface area (Å²) in [6.45, 7) is 2.86. The number of piperidine rings is 1. The Morgan fingerprint density at radius 1 is 1.56 bits per heavy atom. The number of hydrogen-bond acceptors (Lipinski definition) is 2. The van der Waals surface area contributed by atoms with E-state index in [4.69, 9.17) is 5.11 Å². The molecule has 2 rings (SSSR count). The summed E-state index contributed by atoms with van der Waals surface area (Å²) in [5.74, 6) is 0.919. The maximum Gasteiger partial charge on any atom is 0.0586 e. The molecular weight excluding hydrogens is 114 g/mol. The van der Waals surface area contributed by atoms with Gasteiger partial charge in [-0.05, 0) is 25.3 Å². The zero-order valence-electron chi connectivity index (χ0n) is 5.58. The van der Waals surface area contributed by atoms with Gasteiger partial charge >= 0.3 is 0 Å². The second-order valence-electron chi connectivity index (χ2n) is 3.22. The third-order valence-corrected chi connectivity index (χ3v) is 2.65. The number of aliphatic hydroxyl groups excluding tert-OH is 1. The summed E-state index contributed by atoms with van der Waals surface area (Å²) in [5.41, 5.74) is 0. The summed E-state index contributed by atoms with van der Waals surface area (Å²) in [4.78, 5) is 2.41. The molecule has 2 nitrogen and oxygen atoms in total. The van der Waals surface area contributed by atoms with Crippen molar-refractivity contribution in [3.05, 3.63) is 0 Å². The molecule has 2 heterocycles. The predicted octanol–water partition coefficient (Wildman–Crippen LogP) is 0.0729. The average Bonchev–Trinajstić information content (AvgIpc) is 2.45. The molecule has 2 aliphatic rings. The first kappa shape index (κ1) is 5.69. The van der Waals surface area contributed by atoms with Gasteiger partial charge in [-0.3, -0.25) is 4.90 Å². The third kappa shape index (κ3) is 0.775. The minimum atomic E-state index is 0.372. The maximum atomic E-state index is 8.85. The molecule has 0 saturated carbocycles. The van der Waals surface area contributed by atoms with Crippen LogP contribution in [0.2, 0.25) is 0 Å². The van der Waals surface area contributed by atoms with Crippen molar-refractivity contribution in [1.82, 2.24) is 4.90 Å². The molecule has 0 amide bonds. The van der Waals surface area contributed by atoms with Gasteiger partial charge in [0, 0.05) is 12.6 Å². The van der Waals surface area contributed by atoms with E-state index in [0.29, 0.717) is 12.6 Å². The van der Waals surface area contributed by atoms with Crippen LogP contribution in [0.15, 0.2) is 0 Å².